The Kier molecular flexibility index (Phi) is 3.19. The quantitative estimate of drug-likeness (QED) is 0.363. The molecule has 0 aromatic carbocycles. The molecule has 2 aliphatic heterocycles. The van der Waals surface area contributed by atoms with Crippen molar-refractivity contribution in [3.63, 3.8) is 0 Å². The smallest absolute Gasteiger partial charge is 0.0699 e. The van der Waals surface area contributed by atoms with Gasteiger partial charge in [-0.1, -0.05) is 12.2 Å². The molecule has 3 aromatic heterocycles. The minimum absolute atomic E-state index is 0.480. The molecule has 10 bridgehead atoms. The highest BCUT2D eigenvalue weighted by Crippen LogP contribution is 2.51. The lowest BCUT2D eigenvalue weighted by atomic mass is 9.71. The number of hydrogen-bond acceptors (Lipinski definition) is 2. The maximum atomic E-state index is 5.12. The molecule has 0 radical (unpaired) electrons. The van der Waals surface area contributed by atoms with E-state index in [-0.39, 0.29) is 0 Å². The molecule has 8 rings (SSSR count). The van der Waals surface area contributed by atoms with Crippen molar-refractivity contribution in [1.82, 2.24) is 19.9 Å². The second-order valence-electron chi connectivity index (χ2n) is 8.50. The van der Waals surface area contributed by atoms with Gasteiger partial charge in [-0.05, 0) is 84.7 Å². The maximum absolute atomic E-state index is 5.12. The Morgan fingerprint density at radius 1 is 0.600 bits per heavy atom. The molecule has 2 unspecified atom stereocenters. The molecular weight excluding hydrogens is 368 g/mol. The zero-order valence-corrected chi connectivity index (χ0v) is 16.4. The Morgan fingerprint density at radius 2 is 1.07 bits per heavy atom. The number of nitrogens with one attached hydrogen (secondary N) is 2. The Morgan fingerprint density at radius 3 is 1.53 bits per heavy atom. The van der Waals surface area contributed by atoms with Gasteiger partial charge in [0.2, 0.25) is 0 Å². The second-order valence-corrected chi connectivity index (χ2v) is 8.50. The number of allylic oxidation sites excluding steroid dienone is 4. The molecular formula is C26H20N4. The first kappa shape index (κ1) is 16.2. The van der Waals surface area contributed by atoms with Crippen molar-refractivity contribution >= 4 is 45.4 Å². The molecule has 3 aliphatic carbocycles. The molecule has 2 N–H and O–H groups in total. The summed E-state index contributed by atoms with van der Waals surface area (Å²) in [5.41, 5.74) is 11.2. The van der Waals surface area contributed by atoms with Crippen molar-refractivity contribution in [2.45, 2.75) is 12.8 Å². The van der Waals surface area contributed by atoms with Gasteiger partial charge in [-0.3, -0.25) is 0 Å². The van der Waals surface area contributed by atoms with Gasteiger partial charge in [0, 0.05) is 33.9 Å². The minimum Gasteiger partial charge on any atom is -0.355 e. The zero-order valence-electron chi connectivity index (χ0n) is 16.4. The van der Waals surface area contributed by atoms with E-state index in [1.165, 1.54) is 24.0 Å². The number of aromatic amines is 2. The summed E-state index contributed by atoms with van der Waals surface area (Å²) >= 11 is 0. The van der Waals surface area contributed by atoms with Crippen LogP contribution in [0.2, 0.25) is 0 Å². The van der Waals surface area contributed by atoms with E-state index in [1.54, 1.807) is 0 Å². The van der Waals surface area contributed by atoms with Crippen LogP contribution in [0.3, 0.4) is 0 Å². The lowest BCUT2D eigenvalue weighted by Crippen LogP contribution is -2.18. The van der Waals surface area contributed by atoms with Crippen LogP contribution in [0.15, 0.2) is 60.7 Å². The average Bonchev–Trinajstić information content (AvgIpc) is 3.54. The highest BCUT2D eigenvalue weighted by molar-refractivity contribution is 5.98. The molecule has 0 amide bonds. The summed E-state index contributed by atoms with van der Waals surface area (Å²) < 4.78 is 0. The monoisotopic (exact) mass is 388 g/mol. The SMILES string of the molecule is C1=Cc2cc3ccc(cc4nc(cc5ccc(cc1n2)[nH]5)C1=C4C2C=CC1CC2)[nH]3. The summed E-state index contributed by atoms with van der Waals surface area (Å²) in [5, 5.41) is 0. The largest absolute Gasteiger partial charge is 0.355 e. The van der Waals surface area contributed by atoms with Crippen LogP contribution in [0, 0.1) is 11.8 Å². The van der Waals surface area contributed by atoms with Crippen LogP contribution in [0.1, 0.15) is 35.6 Å². The van der Waals surface area contributed by atoms with Crippen molar-refractivity contribution in [3.8, 4) is 0 Å². The summed E-state index contributed by atoms with van der Waals surface area (Å²) in [6, 6.07) is 17.0. The van der Waals surface area contributed by atoms with Crippen LogP contribution >= 0.6 is 0 Å². The molecule has 5 aliphatic rings. The summed E-state index contributed by atoms with van der Waals surface area (Å²) in [4.78, 5) is 16.9. The number of aromatic nitrogens is 4. The zero-order chi connectivity index (χ0) is 19.7. The molecule has 0 fully saturated rings. The number of rotatable bonds is 0. The Labute approximate surface area is 173 Å². The second kappa shape index (κ2) is 5.92. The van der Waals surface area contributed by atoms with E-state index in [0.717, 1.165) is 44.8 Å². The highest BCUT2D eigenvalue weighted by Gasteiger charge is 2.36. The van der Waals surface area contributed by atoms with Crippen LogP contribution in [0.4, 0.5) is 0 Å². The first-order valence-electron chi connectivity index (χ1n) is 10.6. The summed E-state index contributed by atoms with van der Waals surface area (Å²) in [5.74, 6) is 0.960. The molecule has 144 valence electrons. The topological polar surface area (TPSA) is 57.4 Å². The Bertz CT molecular complexity index is 1360. The van der Waals surface area contributed by atoms with E-state index in [4.69, 9.17) is 9.97 Å². The van der Waals surface area contributed by atoms with E-state index >= 15 is 0 Å². The average molecular weight is 388 g/mol. The van der Waals surface area contributed by atoms with Crippen molar-refractivity contribution in [3.05, 3.63) is 83.5 Å². The molecule has 0 spiro atoms. The molecule has 2 atom stereocenters. The third kappa shape index (κ3) is 2.47. The lowest BCUT2D eigenvalue weighted by molar-refractivity contribution is 0.558. The number of fused-ring (bicyclic) bond motifs is 9. The summed E-state index contributed by atoms with van der Waals surface area (Å²) in [6.07, 6.45) is 11.3. The minimum atomic E-state index is 0.480. The molecule has 0 saturated heterocycles. The molecule has 4 nitrogen and oxygen atoms in total. The Balaban J connectivity index is 1.57. The fraction of sp³-hybridized carbons (Fsp3) is 0.154. The van der Waals surface area contributed by atoms with Gasteiger partial charge in [0.25, 0.3) is 0 Å². The third-order valence-electron chi connectivity index (χ3n) is 6.53. The van der Waals surface area contributed by atoms with Gasteiger partial charge in [-0.25, -0.2) is 9.97 Å². The normalized spacial score (nSPS) is 21.3. The van der Waals surface area contributed by atoms with Crippen LogP contribution in [-0.2, 0) is 0 Å². The lowest BCUT2D eigenvalue weighted by Gasteiger charge is -2.32. The predicted molar refractivity (Wildman–Crippen MR) is 122 cm³/mol. The van der Waals surface area contributed by atoms with E-state index < -0.39 is 0 Å². The Hall–Kier alpha value is -3.66. The maximum Gasteiger partial charge on any atom is 0.0699 e. The number of H-pyrrole nitrogens is 2. The van der Waals surface area contributed by atoms with Crippen LogP contribution in [0.25, 0.3) is 45.4 Å². The van der Waals surface area contributed by atoms with Crippen LogP contribution in [-0.4, -0.2) is 19.9 Å². The standard InChI is InChI=1S/C26H20N4/c1-2-16-4-3-15(1)25-23-13-21-9-7-19(28-21)11-17-5-6-18(27-17)12-20-8-10-22(29-20)14-24(30-23)26(16)25/h1-2,5-16,28-29H,3-4H2. The molecule has 0 saturated carbocycles. The molecule has 4 heteroatoms. The first-order chi connectivity index (χ1) is 14.8. The first-order valence-corrected chi connectivity index (χ1v) is 10.6. The highest BCUT2D eigenvalue weighted by atomic mass is 14.8. The fourth-order valence-corrected chi connectivity index (χ4v) is 5.19. The summed E-state index contributed by atoms with van der Waals surface area (Å²) in [7, 11) is 0. The van der Waals surface area contributed by atoms with E-state index in [9.17, 15) is 0 Å². The van der Waals surface area contributed by atoms with Crippen molar-refractivity contribution in [2.75, 3.05) is 0 Å². The predicted octanol–water partition coefficient (Wildman–Crippen LogP) is 5.99. The molecule has 3 aromatic rings. The van der Waals surface area contributed by atoms with Gasteiger partial charge in [-0.2, -0.15) is 0 Å². The van der Waals surface area contributed by atoms with Crippen molar-refractivity contribution in [1.29, 1.82) is 0 Å². The van der Waals surface area contributed by atoms with E-state index in [0.29, 0.717) is 11.8 Å². The fourth-order valence-electron chi connectivity index (χ4n) is 5.19. The van der Waals surface area contributed by atoms with Crippen molar-refractivity contribution < 1.29 is 0 Å². The van der Waals surface area contributed by atoms with E-state index in [1.807, 2.05) is 12.2 Å². The number of nitrogens with zero attached hydrogens (tertiary/aromatic N) is 2. The van der Waals surface area contributed by atoms with Gasteiger partial charge in [0.15, 0.2) is 0 Å². The van der Waals surface area contributed by atoms with Gasteiger partial charge in [0.1, 0.15) is 0 Å². The molecule has 30 heavy (non-hydrogen) atoms. The van der Waals surface area contributed by atoms with Crippen LogP contribution in [0.5, 0.6) is 0 Å². The van der Waals surface area contributed by atoms with Crippen molar-refractivity contribution in [2.24, 2.45) is 11.8 Å². The van der Waals surface area contributed by atoms with Gasteiger partial charge < -0.3 is 9.97 Å². The van der Waals surface area contributed by atoms with Gasteiger partial charge in [-0.15, -0.1) is 0 Å². The third-order valence-corrected chi connectivity index (χ3v) is 6.53. The van der Waals surface area contributed by atoms with Gasteiger partial charge >= 0.3 is 0 Å². The van der Waals surface area contributed by atoms with Gasteiger partial charge in [0.05, 0.1) is 22.8 Å². The molecule has 5 heterocycles. The van der Waals surface area contributed by atoms with E-state index in [2.05, 4.69) is 70.7 Å². The number of hydrogen-bond donors (Lipinski definition) is 2. The summed E-state index contributed by atoms with van der Waals surface area (Å²) in [6.45, 7) is 0. The van der Waals surface area contributed by atoms with Crippen LogP contribution < -0.4 is 0 Å².